The molecule has 27 heavy (non-hydrogen) atoms. The van der Waals surface area contributed by atoms with E-state index in [9.17, 15) is 9.90 Å². The topological polar surface area (TPSA) is 103 Å². The molecule has 7 nitrogen and oxygen atoms in total. The van der Waals surface area contributed by atoms with Crippen LogP contribution in [0.2, 0.25) is 10.0 Å². The van der Waals surface area contributed by atoms with Gasteiger partial charge < -0.3 is 15.6 Å². The van der Waals surface area contributed by atoms with Crippen molar-refractivity contribution >= 4 is 41.6 Å². The van der Waals surface area contributed by atoms with Crippen molar-refractivity contribution in [2.24, 2.45) is 5.73 Å². The van der Waals surface area contributed by atoms with Gasteiger partial charge in [-0.15, -0.1) is 12.4 Å². The van der Waals surface area contributed by atoms with Gasteiger partial charge >= 0.3 is 5.97 Å². The summed E-state index contributed by atoms with van der Waals surface area (Å²) in [6.07, 6.45) is 1.32. The first-order chi connectivity index (χ1) is 12.4. The van der Waals surface area contributed by atoms with Crippen LogP contribution in [0, 0.1) is 0 Å². The molecular formula is C17H21Cl3N4O3. The fourth-order valence-electron chi connectivity index (χ4n) is 3.16. The fourth-order valence-corrected chi connectivity index (χ4v) is 3.65. The first kappa shape index (κ1) is 21.9. The average Bonchev–Trinajstić information content (AvgIpc) is 3.00. The average molecular weight is 436 g/mol. The third-order valence-electron chi connectivity index (χ3n) is 4.57. The predicted molar refractivity (Wildman–Crippen MR) is 105 cm³/mol. The van der Waals surface area contributed by atoms with Crippen molar-refractivity contribution in [1.29, 1.82) is 0 Å². The van der Waals surface area contributed by atoms with E-state index in [4.69, 9.17) is 33.7 Å². The van der Waals surface area contributed by atoms with Crippen LogP contribution in [0.3, 0.4) is 0 Å². The van der Waals surface area contributed by atoms with Crippen molar-refractivity contribution in [2.75, 3.05) is 7.11 Å². The van der Waals surface area contributed by atoms with Crippen LogP contribution in [0.5, 0.6) is 0 Å². The second-order valence-electron chi connectivity index (χ2n) is 6.39. The van der Waals surface area contributed by atoms with E-state index >= 15 is 0 Å². The van der Waals surface area contributed by atoms with Crippen molar-refractivity contribution in [2.45, 2.75) is 43.7 Å². The summed E-state index contributed by atoms with van der Waals surface area (Å²) in [5.74, 6) is 0.582. The number of carbonyl (C=O) groups is 1. The monoisotopic (exact) mass is 434 g/mol. The normalized spacial score (nSPS) is 22.2. The molecule has 2 aromatic rings. The molecule has 1 aliphatic carbocycles. The lowest BCUT2D eigenvalue weighted by Gasteiger charge is -2.30. The summed E-state index contributed by atoms with van der Waals surface area (Å²) in [4.78, 5) is 16.2. The maximum Gasteiger partial charge on any atom is 0.313 e. The molecule has 0 saturated heterocycles. The lowest BCUT2D eigenvalue weighted by atomic mass is 9.83. The Labute approximate surface area is 173 Å². The lowest BCUT2D eigenvalue weighted by Crippen LogP contribution is -2.40. The number of nitrogens with two attached hydrogens (primary N) is 1. The van der Waals surface area contributed by atoms with Crippen LogP contribution >= 0.6 is 35.6 Å². The quantitative estimate of drug-likeness (QED) is 0.716. The number of halogens is 3. The minimum Gasteiger partial charge on any atom is -0.469 e. The van der Waals surface area contributed by atoms with Crippen molar-refractivity contribution in [3.8, 4) is 5.69 Å². The number of hydrogen-bond donors (Lipinski definition) is 2. The van der Waals surface area contributed by atoms with Gasteiger partial charge in [0.15, 0.2) is 5.82 Å². The Morgan fingerprint density at radius 3 is 2.78 bits per heavy atom. The van der Waals surface area contributed by atoms with Gasteiger partial charge in [-0.1, -0.05) is 23.2 Å². The van der Waals surface area contributed by atoms with Crippen LogP contribution in [-0.4, -0.2) is 45.1 Å². The van der Waals surface area contributed by atoms with Crippen LogP contribution < -0.4 is 5.73 Å². The van der Waals surface area contributed by atoms with E-state index in [1.54, 1.807) is 22.9 Å². The number of esters is 1. The highest BCUT2D eigenvalue weighted by atomic mass is 35.5. The molecule has 3 rings (SSSR count). The number of ether oxygens (including phenoxy) is 1. The highest BCUT2D eigenvalue weighted by molar-refractivity contribution is 6.35. The first-order valence-electron chi connectivity index (χ1n) is 8.30. The van der Waals surface area contributed by atoms with Crippen LogP contribution in [0.15, 0.2) is 18.2 Å². The van der Waals surface area contributed by atoms with Gasteiger partial charge in [-0.25, -0.2) is 9.67 Å². The van der Waals surface area contributed by atoms with E-state index in [-0.39, 0.29) is 30.8 Å². The molecule has 1 fully saturated rings. The molecule has 1 aromatic heterocycles. The van der Waals surface area contributed by atoms with Gasteiger partial charge in [0.05, 0.1) is 23.9 Å². The van der Waals surface area contributed by atoms with Gasteiger partial charge in [-0.3, -0.25) is 4.79 Å². The molecule has 0 spiro atoms. The van der Waals surface area contributed by atoms with Crippen molar-refractivity contribution in [1.82, 2.24) is 14.8 Å². The molecule has 3 atom stereocenters. The van der Waals surface area contributed by atoms with E-state index in [1.807, 2.05) is 0 Å². The number of benzene rings is 1. The number of aromatic nitrogens is 3. The number of carbonyl (C=O) groups excluding carboxylic acids is 1. The number of nitrogens with zero attached hydrogens (tertiary/aromatic N) is 3. The molecule has 0 radical (unpaired) electrons. The van der Waals surface area contributed by atoms with Crippen LogP contribution in [-0.2, 0) is 16.0 Å². The van der Waals surface area contributed by atoms with Crippen molar-refractivity contribution in [3.05, 3.63) is 39.9 Å². The van der Waals surface area contributed by atoms with E-state index in [0.29, 0.717) is 40.2 Å². The minimum atomic E-state index is -0.517. The third kappa shape index (κ3) is 4.92. The number of methoxy groups -OCH3 is 1. The summed E-state index contributed by atoms with van der Waals surface area (Å²) in [7, 11) is 1.32. The maximum atomic E-state index is 11.6. The smallest absolute Gasteiger partial charge is 0.313 e. The molecule has 0 amide bonds. The molecule has 1 heterocycles. The summed E-state index contributed by atoms with van der Waals surface area (Å²) in [5, 5.41) is 15.3. The molecule has 0 aliphatic heterocycles. The molecule has 3 N–H and O–H groups in total. The first-order valence-corrected chi connectivity index (χ1v) is 9.06. The van der Waals surface area contributed by atoms with E-state index in [2.05, 4.69) is 10.1 Å². The number of aliphatic hydroxyl groups is 1. The molecular weight excluding hydrogens is 415 g/mol. The summed E-state index contributed by atoms with van der Waals surface area (Å²) >= 11 is 12.3. The zero-order valence-electron chi connectivity index (χ0n) is 14.6. The Morgan fingerprint density at radius 1 is 1.41 bits per heavy atom. The molecule has 0 bridgehead atoms. The largest absolute Gasteiger partial charge is 0.469 e. The summed E-state index contributed by atoms with van der Waals surface area (Å²) in [6, 6.07) is 4.76. The summed E-state index contributed by atoms with van der Waals surface area (Å²) in [6.45, 7) is 0. The second-order valence-corrected chi connectivity index (χ2v) is 7.23. The zero-order chi connectivity index (χ0) is 18.8. The molecule has 1 aliphatic rings. The summed E-state index contributed by atoms with van der Waals surface area (Å²) in [5.41, 5.74) is 6.65. The van der Waals surface area contributed by atoms with E-state index < -0.39 is 12.1 Å². The van der Waals surface area contributed by atoms with E-state index in [0.717, 1.165) is 6.42 Å². The minimum absolute atomic E-state index is 0. The Morgan fingerprint density at radius 2 is 2.15 bits per heavy atom. The van der Waals surface area contributed by atoms with Crippen molar-refractivity contribution in [3.63, 3.8) is 0 Å². The highest BCUT2D eigenvalue weighted by Gasteiger charge is 2.31. The Balaban J connectivity index is 0.00000261. The number of rotatable bonds is 4. The Hall–Kier alpha value is -1.38. The van der Waals surface area contributed by atoms with Crippen molar-refractivity contribution < 1.29 is 14.6 Å². The zero-order valence-corrected chi connectivity index (χ0v) is 17.0. The number of aliphatic hydroxyl groups excluding tert-OH is 1. The SMILES string of the molecule is COC(=O)Cc1nc([C@H]2CC[C@@H](O)[C@H](N)C2)n(-c2ccc(Cl)cc2Cl)n1.Cl. The third-order valence-corrected chi connectivity index (χ3v) is 5.11. The molecule has 1 saturated carbocycles. The van der Waals surface area contributed by atoms with Crippen LogP contribution in [0.25, 0.3) is 5.69 Å². The predicted octanol–water partition coefficient (Wildman–Crippen LogP) is 2.67. The molecule has 1 aromatic carbocycles. The second kappa shape index (κ2) is 9.21. The fraction of sp³-hybridized carbons (Fsp3) is 0.471. The lowest BCUT2D eigenvalue weighted by molar-refractivity contribution is -0.139. The summed E-state index contributed by atoms with van der Waals surface area (Å²) < 4.78 is 6.33. The maximum absolute atomic E-state index is 11.6. The number of hydrogen-bond acceptors (Lipinski definition) is 6. The highest BCUT2D eigenvalue weighted by Crippen LogP contribution is 2.34. The van der Waals surface area contributed by atoms with Crippen LogP contribution in [0.4, 0.5) is 0 Å². The molecule has 0 unspecified atom stereocenters. The standard InChI is InChI=1S/C17H20Cl2N4O3.ClH/c1-26-16(25)8-15-21-17(9-2-5-14(24)12(20)6-9)23(22-15)13-4-3-10(18)7-11(13)19;/h3-4,7,9,12,14,24H,2,5-6,8,20H2,1H3;1H/t9-,12+,14+;/m0./s1. The Bertz CT molecular complexity index is 815. The van der Waals surface area contributed by atoms with Gasteiger partial charge in [0.2, 0.25) is 0 Å². The van der Waals surface area contributed by atoms with Gasteiger partial charge in [0.25, 0.3) is 0 Å². The van der Waals surface area contributed by atoms with Gasteiger partial charge in [0.1, 0.15) is 12.2 Å². The van der Waals surface area contributed by atoms with Gasteiger partial charge in [0, 0.05) is 17.0 Å². The van der Waals surface area contributed by atoms with Gasteiger partial charge in [-0.2, -0.15) is 5.10 Å². The van der Waals surface area contributed by atoms with Crippen LogP contribution in [0.1, 0.15) is 36.8 Å². The molecule has 10 heteroatoms. The van der Waals surface area contributed by atoms with Gasteiger partial charge in [-0.05, 0) is 37.5 Å². The molecule has 148 valence electrons. The van der Waals surface area contributed by atoms with E-state index in [1.165, 1.54) is 7.11 Å². The Kier molecular flexibility index (Phi) is 7.47.